The Kier molecular flexibility index (Phi) is 4.38. The van der Waals surface area contributed by atoms with Crippen molar-refractivity contribution in [1.82, 2.24) is 5.32 Å². The molecule has 0 bridgehead atoms. The summed E-state index contributed by atoms with van der Waals surface area (Å²) in [5.74, 6) is 6.03. The van der Waals surface area contributed by atoms with Gasteiger partial charge in [-0.3, -0.25) is 10.1 Å². The third kappa shape index (κ3) is 3.83. The highest BCUT2D eigenvalue weighted by Gasteiger charge is 2.10. The molecule has 0 unspecified atom stereocenters. The molecule has 0 fully saturated rings. The van der Waals surface area contributed by atoms with Crippen molar-refractivity contribution in [3.05, 3.63) is 28.0 Å². The van der Waals surface area contributed by atoms with E-state index in [-0.39, 0.29) is 5.88 Å². The molecule has 5 heteroatoms. The van der Waals surface area contributed by atoms with Crippen molar-refractivity contribution in [2.24, 2.45) is 0 Å². The molecule has 0 aromatic carbocycles. The molecule has 0 atom stereocenters. The average Bonchev–Trinajstić information content (AvgIpc) is 2.66. The highest BCUT2D eigenvalue weighted by Crippen LogP contribution is 2.14. The summed E-state index contributed by atoms with van der Waals surface area (Å²) in [6.45, 7) is 3.02. The van der Waals surface area contributed by atoms with Crippen molar-refractivity contribution in [3.8, 4) is 11.8 Å². The lowest BCUT2D eigenvalue weighted by Crippen LogP contribution is -2.13. The van der Waals surface area contributed by atoms with E-state index in [1.54, 1.807) is 13.0 Å². The van der Waals surface area contributed by atoms with E-state index < -0.39 is 4.92 Å². The highest BCUT2D eigenvalue weighted by molar-refractivity contribution is 5.17. The van der Waals surface area contributed by atoms with E-state index in [0.717, 1.165) is 13.0 Å². The minimum absolute atomic E-state index is 0.222. The molecule has 0 amide bonds. The fraction of sp³-hybridized carbons (Fsp3) is 0.400. The van der Waals surface area contributed by atoms with Crippen LogP contribution in [0.1, 0.15) is 19.1 Å². The van der Waals surface area contributed by atoms with Crippen molar-refractivity contribution < 1.29 is 9.34 Å². The van der Waals surface area contributed by atoms with Crippen molar-refractivity contribution in [3.63, 3.8) is 0 Å². The molecule has 0 aliphatic heterocycles. The molecule has 0 saturated heterocycles. The van der Waals surface area contributed by atoms with E-state index in [4.69, 9.17) is 4.42 Å². The molecule has 0 aliphatic rings. The van der Waals surface area contributed by atoms with Crippen LogP contribution in [-0.2, 0) is 6.54 Å². The van der Waals surface area contributed by atoms with Gasteiger partial charge in [0.25, 0.3) is 0 Å². The van der Waals surface area contributed by atoms with Gasteiger partial charge in [0.15, 0.2) is 0 Å². The molecule has 0 aliphatic carbocycles. The predicted molar refractivity (Wildman–Crippen MR) is 55.1 cm³/mol. The molecular formula is C10H12N2O3. The van der Waals surface area contributed by atoms with Crippen LogP contribution in [0.3, 0.4) is 0 Å². The lowest BCUT2D eigenvalue weighted by atomic mass is 10.4. The topological polar surface area (TPSA) is 68.3 Å². The van der Waals surface area contributed by atoms with E-state index in [0.29, 0.717) is 12.3 Å². The number of hydrogen-bond donors (Lipinski definition) is 1. The van der Waals surface area contributed by atoms with Gasteiger partial charge in [0, 0.05) is 13.0 Å². The van der Waals surface area contributed by atoms with Gasteiger partial charge < -0.3 is 9.73 Å². The zero-order chi connectivity index (χ0) is 11.1. The molecule has 1 aromatic rings. The molecule has 0 spiro atoms. The fourth-order valence-corrected chi connectivity index (χ4v) is 1.05. The Morgan fingerprint density at radius 2 is 2.40 bits per heavy atom. The molecule has 80 valence electrons. The minimum Gasteiger partial charge on any atom is -0.404 e. The maximum absolute atomic E-state index is 10.3. The molecule has 1 N–H and O–H groups in total. The van der Waals surface area contributed by atoms with Crippen molar-refractivity contribution in [2.75, 3.05) is 6.54 Å². The van der Waals surface area contributed by atoms with Crippen LogP contribution in [-0.4, -0.2) is 11.5 Å². The first-order valence-electron chi connectivity index (χ1n) is 4.57. The monoisotopic (exact) mass is 208 g/mol. The van der Waals surface area contributed by atoms with Crippen LogP contribution in [0.25, 0.3) is 0 Å². The molecule has 15 heavy (non-hydrogen) atoms. The van der Waals surface area contributed by atoms with Crippen LogP contribution in [0.5, 0.6) is 0 Å². The van der Waals surface area contributed by atoms with Gasteiger partial charge in [0.05, 0.1) is 12.6 Å². The second kappa shape index (κ2) is 5.83. The molecule has 0 radical (unpaired) electrons. The molecular weight excluding hydrogens is 196 g/mol. The summed E-state index contributed by atoms with van der Waals surface area (Å²) in [6, 6.07) is 2.94. The number of rotatable bonds is 5. The van der Waals surface area contributed by atoms with E-state index in [2.05, 4.69) is 17.2 Å². The van der Waals surface area contributed by atoms with Gasteiger partial charge in [-0.25, -0.2) is 0 Å². The first kappa shape index (κ1) is 11.3. The Hall–Kier alpha value is -1.80. The predicted octanol–water partition coefficient (Wildman–Crippen LogP) is 1.69. The third-order valence-electron chi connectivity index (χ3n) is 1.73. The smallest absolute Gasteiger partial charge is 0.404 e. The van der Waals surface area contributed by atoms with Crippen LogP contribution in [0, 0.1) is 22.0 Å². The van der Waals surface area contributed by atoms with Crippen molar-refractivity contribution >= 4 is 5.88 Å². The zero-order valence-electron chi connectivity index (χ0n) is 8.45. The normalized spacial score (nSPS) is 9.40. The Bertz CT molecular complexity index is 387. The molecule has 1 aromatic heterocycles. The van der Waals surface area contributed by atoms with Crippen LogP contribution >= 0.6 is 0 Å². The van der Waals surface area contributed by atoms with Gasteiger partial charge in [-0.1, -0.05) is 0 Å². The van der Waals surface area contributed by atoms with Crippen LogP contribution in [0.4, 0.5) is 5.88 Å². The van der Waals surface area contributed by atoms with Crippen LogP contribution in [0.15, 0.2) is 16.5 Å². The second-order valence-electron chi connectivity index (χ2n) is 2.85. The summed E-state index contributed by atoms with van der Waals surface area (Å²) >= 11 is 0. The Balaban J connectivity index is 2.30. The summed E-state index contributed by atoms with van der Waals surface area (Å²) in [4.78, 5) is 9.75. The molecule has 1 rings (SSSR count). The number of nitro groups is 1. The highest BCUT2D eigenvalue weighted by atomic mass is 16.6. The fourth-order valence-electron chi connectivity index (χ4n) is 1.05. The van der Waals surface area contributed by atoms with E-state index >= 15 is 0 Å². The average molecular weight is 208 g/mol. The first-order valence-corrected chi connectivity index (χ1v) is 4.57. The minimum atomic E-state index is -0.550. The maximum Gasteiger partial charge on any atom is 0.433 e. The van der Waals surface area contributed by atoms with Gasteiger partial charge in [-0.2, -0.15) is 0 Å². The third-order valence-corrected chi connectivity index (χ3v) is 1.73. The van der Waals surface area contributed by atoms with Crippen LogP contribution in [0.2, 0.25) is 0 Å². The summed E-state index contributed by atoms with van der Waals surface area (Å²) in [5, 5.41) is 13.4. The van der Waals surface area contributed by atoms with Gasteiger partial charge in [-0.15, -0.1) is 11.8 Å². The van der Waals surface area contributed by atoms with Crippen molar-refractivity contribution in [1.29, 1.82) is 0 Å². The second-order valence-corrected chi connectivity index (χ2v) is 2.85. The quantitative estimate of drug-likeness (QED) is 0.346. The molecule has 0 saturated carbocycles. The van der Waals surface area contributed by atoms with Gasteiger partial charge >= 0.3 is 5.88 Å². The zero-order valence-corrected chi connectivity index (χ0v) is 8.45. The van der Waals surface area contributed by atoms with E-state index in [9.17, 15) is 10.1 Å². The standard InChI is InChI=1S/C10H12N2O3/c1-2-3-4-7-11-8-9-5-6-10(15-9)12(13)14/h5-6,11H,4,7-8H2,1H3. The van der Waals surface area contributed by atoms with E-state index in [1.807, 2.05) is 0 Å². The van der Waals surface area contributed by atoms with Crippen molar-refractivity contribution in [2.45, 2.75) is 19.9 Å². The van der Waals surface area contributed by atoms with Gasteiger partial charge in [0.2, 0.25) is 0 Å². The van der Waals surface area contributed by atoms with Gasteiger partial charge in [0.1, 0.15) is 10.7 Å². The number of hydrogen-bond acceptors (Lipinski definition) is 4. The number of nitrogens with zero attached hydrogens (tertiary/aromatic N) is 1. The van der Waals surface area contributed by atoms with E-state index in [1.165, 1.54) is 6.07 Å². The lowest BCUT2D eigenvalue weighted by Gasteiger charge is -1.97. The summed E-state index contributed by atoms with van der Waals surface area (Å²) in [7, 11) is 0. The van der Waals surface area contributed by atoms with Crippen LogP contribution < -0.4 is 5.32 Å². The van der Waals surface area contributed by atoms with Gasteiger partial charge in [-0.05, 0) is 13.0 Å². The lowest BCUT2D eigenvalue weighted by molar-refractivity contribution is -0.402. The number of furan rings is 1. The Morgan fingerprint density at radius 3 is 3.00 bits per heavy atom. The first-order chi connectivity index (χ1) is 7.24. The molecule has 1 heterocycles. The molecule has 5 nitrogen and oxygen atoms in total. The number of nitrogens with one attached hydrogen (secondary N) is 1. The SMILES string of the molecule is CC#CCCNCc1ccc([N+](=O)[O-])o1. The Labute approximate surface area is 87.6 Å². The largest absolute Gasteiger partial charge is 0.433 e. The maximum atomic E-state index is 10.3. The summed E-state index contributed by atoms with van der Waals surface area (Å²) in [5.41, 5.74) is 0. The summed E-state index contributed by atoms with van der Waals surface area (Å²) < 4.78 is 4.95. The Morgan fingerprint density at radius 1 is 1.60 bits per heavy atom. The summed E-state index contributed by atoms with van der Waals surface area (Å²) in [6.07, 6.45) is 0.763.